The summed E-state index contributed by atoms with van der Waals surface area (Å²) in [5.74, 6) is 0.637. The minimum Gasteiger partial charge on any atom is -0.410 e. The highest BCUT2D eigenvalue weighted by Gasteiger charge is 2.41. The average Bonchev–Trinajstić information content (AvgIpc) is 2.62. The molecule has 0 aromatic heterocycles. The van der Waals surface area contributed by atoms with Gasteiger partial charge in [-0.05, 0) is 37.4 Å². The van der Waals surface area contributed by atoms with Gasteiger partial charge in [0.25, 0.3) is 0 Å². The molecule has 0 unspecified atom stereocenters. The van der Waals surface area contributed by atoms with Crippen molar-refractivity contribution in [2.75, 3.05) is 0 Å². The maximum atomic E-state index is 6.38. The molecule has 0 spiro atoms. The molecular formula is C15H31NO2Si. The fourth-order valence-electron chi connectivity index (χ4n) is 2.01. The number of oxime groups is 1. The van der Waals surface area contributed by atoms with Gasteiger partial charge in [-0.2, -0.15) is 0 Å². The molecule has 0 aliphatic carbocycles. The van der Waals surface area contributed by atoms with E-state index >= 15 is 0 Å². The third-order valence-corrected chi connectivity index (χ3v) is 8.78. The summed E-state index contributed by atoms with van der Waals surface area (Å²) in [6, 6.07) is 0. The SMILES string of the molecule is CC(C)CC1=NO[C@@H]([C@@H](C)O[Si](C)(C)C(C)(C)C)C1. The van der Waals surface area contributed by atoms with Crippen LogP contribution in [0.1, 0.15) is 54.4 Å². The standard InChI is InChI=1S/C15H31NO2Si/c1-11(2)9-13-10-14(17-16-13)12(3)18-19(7,8)15(4,5)6/h11-12,14H,9-10H2,1-8H3/t12-,14-/m1/s1. The molecule has 0 radical (unpaired) electrons. The molecule has 0 fully saturated rings. The van der Waals surface area contributed by atoms with E-state index in [1.54, 1.807) is 0 Å². The first kappa shape index (κ1) is 16.7. The summed E-state index contributed by atoms with van der Waals surface area (Å²) in [7, 11) is -1.72. The smallest absolute Gasteiger partial charge is 0.192 e. The summed E-state index contributed by atoms with van der Waals surface area (Å²) in [5.41, 5.74) is 1.19. The van der Waals surface area contributed by atoms with Crippen molar-refractivity contribution in [3.63, 3.8) is 0 Å². The lowest BCUT2D eigenvalue weighted by molar-refractivity contribution is -0.00189. The summed E-state index contributed by atoms with van der Waals surface area (Å²) in [6.07, 6.45) is 2.18. The minimum atomic E-state index is -1.72. The van der Waals surface area contributed by atoms with E-state index < -0.39 is 8.32 Å². The number of rotatable bonds is 5. The highest BCUT2D eigenvalue weighted by Crippen LogP contribution is 2.38. The first-order chi connectivity index (χ1) is 8.53. The van der Waals surface area contributed by atoms with E-state index in [1.807, 2.05) is 0 Å². The van der Waals surface area contributed by atoms with Crippen molar-refractivity contribution < 1.29 is 9.26 Å². The second-order valence-corrected chi connectivity index (χ2v) is 12.4. The normalized spacial score (nSPS) is 22.4. The lowest BCUT2D eigenvalue weighted by Crippen LogP contribution is -2.46. The molecule has 19 heavy (non-hydrogen) atoms. The Kier molecular flexibility index (Phi) is 5.24. The molecule has 1 rings (SSSR count). The third-order valence-electron chi connectivity index (χ3n) is 4.21. The van der Waals surface area contributed by atoms with Gasteiger partial charge in [0.1, 0.15) is 0 Å². The van der Waals surface area contributed by atoms with E-state index in [4.69, 9.17) is 9.26 Å². The maximum absolute atomic E-state index is 6.38. The number of nitrogens with zero attached hydrogens (tertiary/aromatic N) is 1. The van der Waals surface area contributed by atoms with Crippen LogP contribution in [0.5, 0.6) is 0 Å². The van der Waals surface area contributed by atoms with Crippen LogP contribution in [0.4, 0.5) is 0 Å². The van der Waals surface area contributed by atoms with Crippen LogP contribution < -0.4 is 0 Å². The van der Waals surface area contributed by atoms with Crippen LogP contribution in [0.2, 0.25) is 18.1 Å². The number of hydrogen-bond donors (Lipinski definition) is 0. The zero-order valence-corrected chi connectivity index (χ0v) is 14.9. The topological polar surface area (TPSA) is 30.8 Å². The van der Waals surface area contributed by atoms with Crippen LogP contribution in [0.3, 0.4) is 0 Å². The van der Waals surface area contributed by atoms with Crippen LogP contribution in [0.15, 0.2) is 5.16 Å². The molecule has 4 heteroatoms. The predicted molar refractivity (Wildman–Crippen MR) is 84.1 cm³/mol. The van der Waals surface area contributed by atoms with E-state index in [0.29, 0.717) is 5.92 Å². The van der Waals surface area contributed by atoms with Crippen molar-refractivity contribution in [3.05, 3.63) is 0 Å². The van der Waals surface area contributed by atoms with Gasteiger partial charge in [0.2, 0.25) is 0 Å². The van der Waals surface area contributed by atoms with E-state index in [-0.39, 0.29) is 17.2 Å². The Morgan fingerprint density at radius 3 is 2.37 bits per heavy atom. The van der Waals surface area contributed by atoms with Gasteiger partial charge in [0.05, 0.1) is 11.8 Å². The van der Waals surface area contributed by atoms with Crippen molar-refractivity contribution in [1.82, 2.24) is 0 Å². The van der Waals surface area contributed by atoms with Gasteiger partial charge in [0.15, 0.2) is 14.4 Å². The highest BCUT2D eigenvalue weighted by atomic mass is 28.4. The van der Waals surface area contributed by atoms with Gasteiger partial charge in [-0.3, -0.25) is 0 Å². The summed E-state index contributed by atoms with van der Waals surface area (Å²) in [5, 5.41) is 4.46. The Bertz CT molecular complexity index is 332. The molecule has 1 aliphatic heterocycles. The molecule has 112 valence electrons. The van der Waals surface area contributed by atoms with E-state index in [1.165, 1.54) is 5.71 Å². The molecule has 2 atom stereocenters. The van der Waals surface area contributed by atoms with Gasteiger partial charge < -0.3 is 9.26 Å². The fourth-order valence-corrected chi connectivity index (χ4v) is 3.44. The molecule has 0 saturated heterocycles. The molecule has 0 aromatic carbocycles. The molecule has 0 saturated carbocycles. The molecule has 1 aliphatic rings. The zero-order chi connectivity index (χ0) is 14.8. The van der Waals surface area contributed by atoms with Gasteiger partial charge in [-0.25, -0.2) is 0 Å². The molecule has 0 bridgehead atoms. The van der Waals surface area contributed by atoms with E-state index in [2.05, 4.69) is 59.8 Å². The van der Waals surface area contributed by atoms with Crippen LogP contribution >= 0.6 is 0 Å². The van der Waals surface area contributed by atoms with E-state index in [9.17, 15) is 0 Å². The minimum absolute atomic E-state index is 0.0999. The molecule has 0 N–H and O–H groups in total. The predicted octanol–water partition coefficient (Wildman–Crippen LogP) is 4.59. The summed E-state index contributed by atoms with van der Waals surface area (Å²) < 4.78 is 6.38. The quantitative estimate of drug-likeness (QED) is 0.692. The summed E-state index contributed by atoms with van der Waals surface area (Å²) in [4.78, 5) is 5.57. The Morgan fingerprint density at radius 2 is 1.89 bits per heavy atom. The van der Waals surface area contributed by atoms with Crippen LogP contribution in [-0.2, 0) is 9.26 Å². The first-order valence-corrected chi connectivity index (χ1v) is 10.3. The highest BCUT2D eigenvalue weighted by molar-refractivity contribution is 6.74. The van der Waals surface area contributed by atoms with Crippen molar-refractivity contribution in [3.8, 4) is 0 Å². The van der Waals surface area contributed by atoms with Gasteiger partial charge >= 0.3 is 0 Å². The van der Waals surface area contributed by atoms with Gasteiger partial charge in [0, 0.05) is 6.42 Å². The Balaban J connectivity index is 2.52. The monoisotopic (exact) mass is 285 g/mol. The largest absolute Gasteiger partial charge is 0.410 e. The molecule has 1 heterocycles. The molecular weight excluding hydrogens is 254 g/mol. The second-order valence-electron chi connectivity index (χ2n) is 7.69. The van der Waals surface area contributed by atoms with Crippen molar-refractivity contribution >= 4 is 14.0 Å². The first-order valence-electron chi connectivity index (χ1n) is 7.42. The van der Waals surface area contributed by atoms with Crippen molar-refractivity contribution in [2.45, 2.75) is 84.7 Å². The van der Waals surface area contributed by atoms with Crippen molar-refractivity contribution in [1.29, 1.82) is 0 Å². The third kappa shape index (κ3) is 4.60. The Hall–Kier alpha value is -0.353. The molecule has 0 aromatic rings. The van der Waals surface area contributed by atoms with Crippen molar-refractivity contribution in [2.24, 2.45) is 11.1 Å². The second kappa shape index (κ2) is 5.96. The number of hydrogen-bond acceptors (Lipinski definition) is 3. The van der Waals surface area contributed by atoms with E-state index in [0.717, 1.165) is 12.8 Å². The average molecular weight is 286 g/mol. The van der Waals surface area contributed by atoms with Crippen LogP contribution in [0.25, 0.3) is 0 Å². The molecule has 3 nitrogen and oxygen atoms in total. The summed E-state index contributed by atoms with van der Waals surface area (Å²) in [6.45, 7) is 17.9. The lowest BCUT2D eigenvalue weighted by atomic mass is 10.0. The van der Waals surface area contributed by atoms with Gasteiger partial charge in [-0.15, -0.1) is 0 Å². The summed E-state index contributed by atoms with van der Waals surface area (Å²) >= 11 is 0. The Labute approximate surface area is 119 Å². The lowest BCUT2D eigenvalue weighted by Gasteiger charge is -2.39. The van der Waals surface area contributed by atoms with Gasteiger partial charge in [-0.1, -0.05) is 39.8 Å². The van der Waals surface area contributed by atoms with Crippen LogP contribution in [0, 0.1) is 5.92 Å². The van der Waals surface area contributed by atoms with Crippen LogP contribution in [-0.4, -0.2) is 26.2 Å². The maximum Gasteiger partial charge on any atom is 0.192 e. The Morgan fingerprint density at radius 1 is 1.32 bits per heavy atom. The zero-order valence-electron chi connectivity index (χ0n) is 13.9. The fraction of sp³-hybridized carbons (Fsp3) is 0.933. The molecule has 0 amide bonds.